The normalized spacial score (nSPS) is 21.9. The highest BCUT2D eigenvalue weighted by atomic mass is 32.2. The van der Waals surface area contributed by atoms with Crippen LogP contribution >= 0.6 is 0 Å². The van der Waals surface area contributed by atoms with Crippen molar-refractivity contribution in [3.63, 3.8) is 0 Å². The van der Waals surface area contributed by atoms with Crippen molar-refractivity contribution < 1.29 is 13.2 Å². The summed E-state index contributed by atoms with van der Waals surface area (Å²) in [4.78, 5) is 13.5. The molecule has 17 heavy (non-hydrogen) atoms. The van der Waals surface area contributed by atoms with Gasteiger partial charge < -0.3 is 10.6 Å². The van der Waals surface area contributed by atoms with Gasteiger partial charge in [-0.15, -0.1) is 0 Å². The Balaban J connectivity index is 2.42. The van der Waals surface area contributed by atoms with Crippen LogP contribution in [0.2, 0.25) is 0 Å². The molecule has 0 saturated carbocycles. The van der Waals surface area contributed by atoms with Crippen LogP contribution in [0.25, 0.3) is 0 Å². The lowest BCUT2D eigenvalue weighted by Crippen LogP contribution is -2.33. The van der Waals surface area contributed by atoms with Gasteiger partial charge in [-0.1, -0.05) is 6.92 Å². The first-order valence-corrected chi connectivity index (χ1v) is 7.95. The molecule has 1 heterocycles. The Morgan fingerprint density at radius 2 is 2.06 bits per heavy atom. The summed E-state index contributed by atoms with van der Waals surface area (Å²) in [5.41, 5.74) is 5.49. The number of hydrogen-bond acceptors (Lipinski definition) is 4. The Labute approximate surface area is 103 Å². The summed E-state index contributed by atoms with van der Waals surface area (Å²) in [6, 6.07) is 0. The number of hydrogen-bond donors (Lipinski definition) is 1. The maximum Gasteiger partial charge on any atom is 0.222 e. The van der Waals surface area contributed by atoms with Gasteiger partial charge in [0.05, 0.1) is 11.5 Å². The average molecular weight is 262 g/mol. The van der Waals surface area contributed by atoms with Crippen molar-refractivity contribution in [2.24, 2.45) is 11.7 Å². The number of carbonyl (C=O) groups is 1. The van der Waals surface area contributed by atoms with Crippen LogP contribution in [-0.4, -0.2) is 50.4 Å². The van der Waals surface area contributed by atoms with Crippen LogP contribution in [0.1, 0.15) is 26.2 Å². The molecule has 2 N–H and O–H groups in total. The molecule has 0 radical (unpaired) electrons. The predicted molar refractivity (Wildman–Crippen MR) is 67.3 cm³/mol. The molecule has 0 aliphatic carbocycles. The fraction of sp³-hybridized carbons (Fsp3) is 0.909. The largest absolute Gasteiger partial charge is 0.342 e. The zero-order valence-electron chi connectivity index (χ0n) is 10.4. The second kappa shape index (κ2) is 6.35. The average Bonchev–Trinajstić information content (AvgIpc) is 2.46. The number of carbonyl (C=O) groups excluding carboxylic acids is 1. The van der Waals surface area contributed by atoms with Crippen molar-refractivity contribution in [1.29, 1.82) is 0 Å². The Morgan fingerprint density at radius 3 is 2.71 bits per heavy atom. The Morgan fingerprint density at radius 1 is 1.35 bits per heavy atom. The minimum Gasteiger partial charge on any atom is -0.342 e. The van der Waals surface area contributed by atoms with Crippen LogP contribution in [0, 0.1) is 5.92 Å². The quantitative estimate of drug-likeness (QED) is 0.774. The topological polar surface area (TPSA) is 80.5 Å². The van der Waals surface area contributed by atoms with Crippen LogP contribution in [0.15, 0.2) is 0 Å². The zero-order valence-corrected chi connectivity index (χ0v) is 11.2. The standard InChI is InChI=1S/C11H22N2O3S/c1-10(9-12)3-4-11(14)13-5-2-7-17(15,16)8-6-13/h10H,2-9,12H2,1H3. The molecule has 5 nitrogen and oxygen atoms in total. The van der Waals surface area contributed by atoms with Crippen molar-refractivity contribution in [2.75, 3.05) is 31.1 Å². The molecule has 1 aliphatic rings. The SMILES string of the molecule is CC(CN)CCC(=O)N1CCCS(=O)(=O)CC1. The molecule has 0 aromatic rings. The van der Waals surface area contributed by atoms with E-state index in [1.165, 1.54) is 0 Å². The molecule has 1 fully saturated rings. The van der Waals surface area contributed by atoms with Crippen molar-refractivity contribution in [3.05, 3.63) is 0 Å². The van der Waals surface area contributed by atoms with Gasteiger partial charge in [-0.3, -0.25) is 4.79 Å². The van der Waals surface area contributed by atoms with E-state index in [-0.39, 0.29) is 17.4 Å². The van der Waals surface area contributed by atoms with E-state index in [1.807, 2.05) is 6.92 Å². The van der Waals surface area contributed by atoms with Gasteiger partial charge in [-0.05, 0) is 25.3 Å². The first-order chi connectivity index (χ1) is 7.94. The molecule has 1 rings (SSSR count). The minimum atomic E-state index is -2.94. The number of nitrogens with two attached hydrogens (primary N) is 1. The highest BCUT2D eigenvalue weighted by molar-refractivity contribution is 7.91. The lowest BCUT2D eigenvalue weighted by molar-refractivity contribution is -0.131. The van der Waals surface area contributed by atoms with Crippen molar-refractivity contribution >= 4 is 15.7 Å². The number of amides is 1. The molecule has 100 valence electrons. The minimum absolute atomic E-state index is 0.0578. The van der Waals surface area contributed by atoms with Gasteiger partial charge in [0.25, 0.3) is 0 Å². The van der Waals surface area contributed by atoms with Crippen LogP contribution in [0.5, 0.6) is 0 Å². The van der Waals surface area contributed by atoms with Gasteiger partial charge >= 0.3 is 0 Å². The summed E-state index contributed by atoms with van der Waals surface area (Å²) in [7, 11) is -2.94. The lowest BCUT2D eigenvalue weighted by atomic mass is 10.1. The number of nitrogens with zero attached hydrogens (tertiary/aromatic N) is 1. The van der Waals surface area contributed by atoms with Gasteiger partial charge in [0, 0.05) is 19.5 Å². The molecule has 1 atom stereocenters. The van der Waals surface area contributed by atoms with Crippen LogP contribution < -0.4 is 5.73 Å². The summed E-state index contributed by atoms with van der Waals surface area (Å²) >= 11 is 0. The van der Waals surface area contributed by atoms with E-state index < -0.39 is 9.84 Å². The van der Waals surface area contributed by atoms with E-state index in [4.69, 9.17) is 5.73 Å². The first-order valence-electron chi connectivity index (χ1n) is 6.13. The van der Waals surface area contributed by atoms with Crippen LogP contribution in [0.3, 0.4) is 0 Å². The summed E-state index contributed by atoms with van der Waals surface area (Å²) in [5, 5.41) is 0. The van der Waals surface area contributed by atoms with E-state index in [9.17, 15) is 13.2 Å². The summed E-state index contributed by atoms with van der Waals surface area (Å²) in [6.45, 7) is 3.51. The predicted octanol–water partition coefficient (Wildman–Crippen LogP) is 0.00850. The Kier molecular flexibility index (Phi) is 5.39. The molecule has 1 saturated heterocycles. The lowest BCUT2D eigenvalue weighted by Gasteiger charge is -2.20. The molecule has 6 heteroatoms. The second-order valence-corrected chi connectivity index (χ2v) is 7.07. The summed E-state index contributed by atoms with van der Waals surface area (Å²) in [5.74, 6) is 0.707. The molecule has 0 bridgehead atoms. The van der Waals surface area contributed by atoms with Gasteiger partial charge in [-0.2, -0.15) is 0 Å². The molecular formula is C11H22N2O3S. The Bertz CT molecular complexity index is 354. The zero-order chi connectivity index (χ0) is 12.9. The van der Waals surface area contributed by atoms with E-state index in [0.29, 0.717) is 38.4 Å². The van der Waals surface area contributed by atoms with E-state index in [0.717, 1.165) is 6.42 Å². The Hall–Kier alpha value is -0.620. The van der Waals surface area contributed by atoms with Crippen molar-refractivity contribution in [2.45, 2.75) is 26.2 Å². The van der Waals surface area contributed by atoms with Gasteiger partial charge in [0.15, 0.2) is 9.84 Å². The molecule has 1 unspecified atom stereocenters. The van der Waals surface area contributed by atoms with E-state index in [2.05, 4.69) is 0 Å². The monoisotopic (exact) mass is 262 g/mol. The first kappa shape index (κ1) is 14.4. The smallest absolute Gasteiger partial charge is 0.222 e. The fourth-order valence-corrected chi connectivity index (χ4v) is 3.11. The fourth-order valence-electron chi connectivity index (χ4n) is 1.83. The molecule has 0 spiro atoms. The highest BCUT2D eigenvalue weighted by Crippen LogP contribution is 2.10. The number of rotatable bonds is 4. The summed E-state index contributed by atoms with van der Waals surface area (Å²) in [6.07, 6.45) is 1.80. The van der Waals surface area contributed by atoms with E-state index >= 15 is 0 Å². The maximum atomic E-state index is 11.9. The van der Waals surface area contributed by atoms with Crippen molar-refractivity contribution in [1.82, 2.24) is 4.90 Å². The second-order valence-electron chi connectivity index (χ2n) is 4.77. The third-order valence-electron chi connectivity index (χ3n) is 3.16. The van der Waals surface area contributed by atoms with Crippen molar-refractivity contribution in [3.8, 4) is 0 Å². The van der Waals surface area contributed by atoms with E-state index in [1.54, 1.807) is 4.90 Å². The highest BCUT2D eigenvalue weighted by Gasteiger charge is 2.22. The molecule has 1 aliphatic heterocycles. The van der Waals surface area contributed by atoms with Gasteiger partial charge in [0.2, 0.25) is 5.91 Å². The molecule has 1 amide bonds. The third-order valence-corrected chi connectivity index (χ3v) is 4.88. The van der Waals surface area contributed by atoms with Gasteiger partial charge in [0.1, 0.15) is 0 Å². The van der Waals surface area contributed by atoms with Crippen LogP contribution in [-0.2, 0) is 14.6 Å². The maximum absolute atomic E-state index is 11.9. The number of sulfone groups is 1. The molecular weight excluding hydrogens is 240 g/mol. The third kappa shape index (κ3) is 5.04. The molecule has 0 aromatic carbocycles. The summed E-state index contributed by atoms with van der Waals surface area (Å²) < 4.78 is 22.8. The van der Waals surface area contributed by atoms with Gasteiger partial charge in [-0.25, -0.2) is 8.42 Å². The van der Waals surface area contributed by atoms with Crippen LogP contribution in [0.4, 0.5) is 0 Å². The molecule has 0 aromatic heterocycles.